The predicted molar refractivity (Wildman–Crippen MR) is 56.8 cm³/mol. The second-order valence-electron chi connectivity index (χ2n) is 3.74. The fourth-order valence-corrected chi connectivity index (χ4v) is 1.28. The van der Waals surface area contributed by atoms with Crippen LogP contribution in [0.4, 0.5) is 0 Å². The first-order valence-corrected chi connectivity index (χ1v) is 5.12. The number of aromatic nitrogens is 3. The number of nitrogens with one attached hydrogen (secondary N) is 1. The van der Waals surface area contributed by atoms with Crippen molar-refractivity contribution in [3.63, 3.8) is 0 Å². The Kier molecular flexibility index (Phi) is 3.00. The standard InChI is InChI=1S/C10H14N4O2/c1-6(11-3)5-9-12-10(16-14-9)8-4-7(2)13-15-8/h4,6,11H,5H2,1-3H3. The van der Waals surface area contributed by atoms with Gasteiger partial charge in [0.05, 0.1) is 5.69 Å². The minimum Gasteiger partial charge on any atom is -0.351 e. The molecule has 1 N–H and O–H groups in total. The first kappa shape index (κ1) is 10.8. The van der Waals surface area contributed by atoms with Gasteiger partial charge in [0.25, 0.3) is 5.89 Å². The summed E-state index contributed by atoms with van der Waals surface area (Å²) < 4.78 is 10.1. The summed E-state index contributed by atoms with van der Waals surface area (Å²) in [7, 11) is 1.89. The average molecular weight is 222 g/mol. The highest BCUT2D eigenvalue weighted by Crippen LogP contribution is 2.17. The first-order chi connectivity index (χ1) is 7.69. The van der Waals surface area contributed by atoms with E-state index in [0.717, 1.165) is 5.69 Å². The van der Waals surface area contributed by atoms with Crippen LogP contribution in [0.5, 0.6) is 0 Å². The van der Waals surface area contributed by atoms with E-state index >= 15 is 0 Å². The maximum atomic E-state index is 5.09. The van der Waals surface area contributed by atoms with Gasteiger partial charge >= 0.3 is 0 Å². The third kappa shape index (κ3) is 2.27. The minimum atomic E-state index is 0.307. The van der Waals surface area contributed by atoms with Crippen LogP contribution in [0.1, 0.15) is 18.4 Å². The maximum Gasteiger partial charge on any atom is 0.296 e. The van der Waals surface area contributed by atoms with Crippen LogP contribution in [0.2, 0.25) is 0 Å². The SMILES string of the molecule is CNC(C)Cc1noc(-c2cc(C)no2)n1. The second-order valence-corrected chi connectivity index (χ2v) is 3.74. The van der Waals surface area contributed by atoms with Gasteiger partial charge in [0.1, 0.15) is 0 Å². The van der Waals surface area contributed by atoms with Crippen LogP contribution >= 0.6 is 0 Å². The highest BCUT2D eigenvalue weighted by Gasteiger charge is 2.14. The van der Waals surface area contributed by atoms with Crippen molar-refractivity contribution in [2.75, 3.05) is 7.05 Å². The van der Waals surface area contributed by atoms with Crippen molar-refractivity contribution >= 4 is 0 Å². The summed E-state index contributed by atoms with van der Waals surface area (Å²) in [5.74, 6) is 1.54. The Morgan fingerprint density at radius 1 is 1.38 bits per heavy atom. The van der Waals surface area contributed by atoms with Gasteiger partial charge in [-0.2, -0.15) is 4.98 Å². The van der Waals surface area contributed by atoms with Crippen molar-refractivity contribution in [1.29, 1.82) is 0 Å². The highest BCUT2D eigenvalue weighted by molar-refractivity contribution is 5.43. The Balaban J connectivity index is 2.13. The van der Waals surface area contributed by atoms with Crippen molar-refractivity contribution in [2.45, 2.75) is 26.3 Å². The molecule has 0 aliphatic rings. The second kappa shape index (κ2) is 4.44. The fourth-order valence-electron chi connectivity index (χ4n) is 1.28. The summed E-state index contributed by atoms with van der Waals surface area (Å²) in [6.45, 7) is 3.89. The molecule has 0 aliphatic heterocycles. The topological polar surface area (TPSA) is 77.0 Å². The fraction of sp³-hybridized carbons (Fsp3) is 0.500. The Hall–Kier alpha value is -1.69. The third-order valence-corrected chi connectivity index (χ3v) is 2.29. The quantitative estimate of drug-likeness (QED) is 0.837. The molecule has 0 aliphatic carbocycles. The molecule has 6 heteroatoms. The van der Waals surface area contributed by atoms with Gasteiger partial charge in [-0.25, -0.2) is 0 Å². The molecule has 0 bridgehead atoms. The van der Waals surface area contributed by atoms with E-state index in [9.17, 15) is 0 Å². The summed E-state index contributed by atoms with van der Waals surface area (Å²) in [6.07, 6.45) is 0.715. The molecule has 6 nitrogen and oxygen atoms in total. The molecule has 2 aromatic rings. The van der Waals surface area contributed by atoms with Gasteiger partial charge in [0.15, 0.2) is 5.82 Å². The molecule has 1 unspecified atom stereocenters. The number of aryl methyl sites for hydroxylation is 1. The van der Waals surface area contributed by atoms with Crippen LogP contribution in [0.3, 0.4) is 0 Å². The molecule has 0 spiro atoms. The average Bonchev–Trinajstić information content (AvgIpc) is 2.87. The third-order valence-electron chi connectivity index (χ3n) is 2.29. The summed E-state index contributed by atoms with van der Waals surface area (Å²) in [5.41, 5.74) is 0.790. The Morgan fingerprint density at radius 3 is 2.81 bits per heavy atom. The number of rotatable bonds is 4. The molecule has 1 atom stereocenters. The monoisotopic (exact) mass is 222 g/mol. The van der Waals surface area contributed by atoms with Gasteiger partial charge in [-0.05, 0) is 20.9 Å². The normalized spacial score (nSPS) is 12.9. The summed E-state index contributed by atoms with van der Waals surface area (Å²) in [6, 6.07) is 2.07. The molecular weight excluding hydrogens is 208 g/mol. The molecule has 2 heterocycles. The maximum absolute atomic E-state index is 5.09. The lowest BCUT2D eigenvalue weighted by molar-refractivity contribution is 0.379. The van der Waals surface area contributed by atoms with Gasteiger partial charge in [-0.15, -0.1) is 0 Å². The van der Waals surface area contributed by atoms with E-state index in [0.29, 0.717) is 29.9 Å². The molecule has 0 radical (unpaired) electrons. The zero-order chi connectivity index (χ0) is 11.5. The van der Waals surface area contributed by atoms with Gasteiger partial charge in [0, 0.05) is 18.5 Å². The zero-order valence-electron chi connectivity index (χ0n) is 9.52. The lowest BCUT2D eigenvalue weighted by Crippen LogP contribution is -2.24. The summed E-state index contributed by atoms with van der Waals surface area (Å²) >= 11 is 0. The molecule has 0 amide bonds. The van der Waals surface area contributed by atoms with Crippen LogP contribution in [-0.4, -0.2) is 28.4 Å². The molecule has 86 valence electrons. The van der Waals surface area contributed by atoms with Crippen molar-refractivity contribution in [3.8, 4) is 11.7 Å². The Morgan fingerprint density at radius 2 is 2.19 bits per heavy atom. The number of hydrogen-bond acceptors (Lipinski definition) is 6. The molecule has 2 aromatic heterocycles. The molecular formula is C10H14N4O2. The van der Waals surface area contributed by atoms with E-state index in [1.54, 1.807) is 6.07 Å². The largest absolute Gasteiger partial charge is 0.351 e. The minimum absolute atomic E-state index is 0.307. The lowest BCUT2D eigenvalue weighted by atomic mass is 10.2. The van der Waals surface area contributed by atoms with Crippen LogP contribution in [0, 0.1) is 6.92 Å². The molecule has 0 fully saturated rings. The van der Waals surface area contributed by atoms with E-state index in [-0.39, 0.29) is 0 Å². The van der Waals surface area contributed by atoms with E-state index < -0.39 is 0 Å². The van der Waals surface area contributed by atoms with E-state index in [2.05, 4.69) is 27.5 Å². The smallest absolute Gasteiger partial charge is 0.296 e. The molecule has 16 heavy (non-hydrogen) atoms. The molecule has 0 saturated heterocycles. The predicted octanol–water partition coefficient (Wildman–Crippen LogP) is 1.18. The van der Waals surface area contributed by atoms with Crippen LogP contribution in [0.15, 0.2) is 15.1 Å². The molecule has 0 saturated carbocycles. The number of hydrogen-bond donors (Lipinski definition) is 1. The van der Waals surface area contributed by atoms with Crippen molar-refractivity contribution in [3.05, 3.63) is 17.6 Å². The van der Waals surface area contributed by atoms with Gasteiger partial charge in [-0.3, -0.25) is 0 Å². The van der Waals surface area contributed by atoms with Crippen molar-refractivity contribution in [1.82, 2.24) is 20.6 Å². The number of likely N-dealkylation sites (N-methyl/N-ethyl adjacent to an activating group) is 1. The van der Waals surface area contributed by atoms with Crippen LogP contribution in [-0.2, 0) is 6.42 Å². The number of nitrogens with zero attached hydrogens (tertiary/aromatic N) is 3. The highest BCUT2D eigenvalue weighted by atomic mass is 16.5. The lowest BCUT2D eigenvalue weighted by Gasteiger charge is -2.04. The molecule has 0 aromatic carbocycles. The van der Waals surface area contributed by atoms with Gasteiger partial charge in [-0.1, -0.05) is 10.3 Å². The molecule has 2 rings (SSSR count). The van der Waals surface area contributed by atoms with Crippen LogP contribution in [0.25, 0.3) is 11.7 Å². The van der Waals surface area contributed by atoms with E-state index in [4.69, 9.17) is 9.05 Å². The van der Waals surface area contributed by atoms with Crippen molar-refractivity contribution < 1.29 is 9.05 Å². The van der Waals surface area contributed by atoms with Crippen molar-refractivity contribution in [2.24, 2.45) is 0 Å². The van der Waals surface area contributed by atoms with E-state index in [1.165, 1.54) is 0 Å². The zero-order valence-corrected chi connectivity index (χ0v) is 9.52. The summed E-state index contributed by atoms with van der Waals surface area (Å²) in [4.78, 5) is 4.23. The Bertz CT molecular complexity index is 463. The first-order valence-electron chi connectivity index (χ1n) is 5.12. The van der Waals surface area contributed by atoms with Gasteiger partial charge < -0.3 is 14.4 Å². The van der Waals surface area contributed by atoms with Gasteiger partial charge in [0.2, 0.25) is 5.76 Å². The van der Waals surface area contributed by atoms with E-state index in [1.807, 2.05) is 14.0 Å². The summed E-state index contributed by atoms with van der Waals surface area (Å²) in [5, 5.41) is 10.7. The Labute approximate surface area is 93.0 Å². The van der Waals surface area contributed by atoms with Crippen LogP contribution < -0.4 is 5.32 Å².